The second kappa shape index (κ2) is 3.55. The van der Waals surface area contributed by atoms with Crippen LogP contribution in [0.2, 0.25) is 0 Å². The first-order valence-corrected chi connectivity index (χ1v) is 5.55. The summed E-state index contributed by atoms with van der Waals surface area (Å²) in [6.07, 6.45) is 7.23. The Balaban J connectivity index is 2.03. The molecule has 70 valence electrons. The molecular weight excluding hydrogens is 172 g/mol. The van der Waals surface area contributed by atoms with Gasteiger partial charge in [-0.05, 0) is 31.1 Å². The molecule has 0 bridgehead atoms. The van der Waals surface area contributed by atoms with Gasteiger partial charge in [0.15, 0.2) is 0 Å². The summed E-state index contributed by atoms with van der Waals surface area (Å²) in [5, 5.41) is 9.87. The van der Waals surface area contributed by atoms with E-state index < -0.39 is 0 Å². The Morgan fingerprint density at radius 1 is 1.00 bits per heavy atom. The van der Waals surface area contributed by atoms with Crippen LogP contribution in [-0.4, -0.2) is 16.6 Å². The zero-order valence-corrected chi connectivity index (χ0v) is 8.13. The second-order valence-corrected chi connectivity index (χ2v) is 4.85. The Morgan fingerprint density at radius 3 is 2.58 bits per heavy atom. The minimum atomic E-state index is -0.217. The van der Waals surface area contributed by atoms with Crippen molar-refractivity contribution in [2.45, 2.75) is 50.0 Å². The van der Waals surface area contributed by atoms with Gasteiger partial charge in [-0.1, -0.05) is 19.3 Å². The predicted molar refractivity (Wildman–Crippen MR) is 50.3 cm³/mol. The van der Waals surface area contributed by atoms with Crippen LogP contribution in [0.3, 0.4) is 0 Å². The molecule has 0 aromatic carbocycles. The first kappa shape index (κ1) is 8.83. The van der Waals surface area contributed by atoms with Gasteiger partial charge in [0.2, 0.25) is 0 Å². The summed E-state index contributed by atoms with van der Waals surface area (Å²) in [4.78, 5) is 0. The van der Waals surface area contributed by atoms with Crippen LogP contribution in [0.15, 0.2) is 0 Å². The molecule has 12 heavy (non-hydrogen) atoms. The van der Waals surface area contributed by atoms with E-state index in [4.69, 9.17) is 11.6 Å². The van der Waals surface area contributed by atoms with Gasteiger partial charge in [-0.3, -0.25) is 0 Å². The zero-order valence-electron chi connectivity index (χ0n) is 7.38. The van der Waals surface area contributed by atoms with Crippen molar-refractivity contribution < 1.29 is 5.11 Å². The lowest BCUT2D eigenvalue weighted by molar-refractivity contribution is 0.0139. The van der Waals surface area contributed by atoms with Crippen molar-refractivity contribution >= 4 is 11.6 Å². The highest BCUT2D eigenvalue weighted by molar-refractivity contribution is 6.21. The highest BCUT2D eigenvalue weighted by atomic mass is 35.5. The normalized spacial score (nSPS) is 48.5. The summed E-state index contributed by atoms with van der Waals surface area (Å²) in [5.41, 5.74) is 0. The average Bonchev–Trinajstić information content (AvgIpc) is 2.12. The monoisotopic (exact) mass is 188 g/mol. The molecule has 0 aromatic rings. The SMILES string of the molecule is O[C@H]1[C@H]2CCCC[C@@H]2CC[C@H]1Cl. The van der Waals surface area contributed by atoms with Crippen LogP contribution in [0.4, 0.5) is 0 Å². The van der Waals surface area contributed by atoms with Crippen molar-refractivity contribution in [1.29, 1.82) is 0 Å². The summed E-state index contributed by atoms with van der Waals surface area (Å²) in [6.45, 7) is 0. The van der Waals surface area contributed by atoms with Gasteiger partial charge >= 0.3 is 0 Å². The summed E-state index contributed by atoms with van der Waals surface area (Å²) < 4.78 is 0. The number of aliphatic hydroxyl groups is 1. The van der Waals surface area contributed by atoms with E-state index in [0.29, 0.717) is 5.92 Å². The van der Waals surface area contributed by atoms with Crippen LogP contribution in [0, 0.1) is 11.8 Å². The van der Waals surface area contributed by atoms with Crippen LogP contribution in [0.25, 0.3) is 0 Å². The van der Waals surface area contributed by atoms with E-state index in [0.717, 1.165) is 12.3 Å². The van der Waals surface area contributed by atoms with E-state index >= 15 is 0 Å². The van der Waals surface area contributed by atoms with Gasteiger partial charge in [-0.15, -0.1) is 11.6 Å². The van der Waals surface area contributed by atoms with Gasteiger partial charge in [-0.25, -0.2) is 0 Å². The fourth-order valence-electron chi connectivity index (χ4n) is 2.86. The fourth-order valence-corrected chi connectivity index (χ4v) is 3.17. The molecule has 2 aliphatic rings. The molecule has 0 unspecified atom stereocenters. The lowest BCUT2D eigenvalue weighted by Gasteiger charge is -2.41. The van der Waals surface area contributed by atoms with Gasteiger partial charge < -0.3 is 5.11 Å². The molecule has 0 amide bonds. The molecule has 2 rings (SSSR count). The Bertz CT molecular complexity index is 158. The number of aliphatic hydroxyl groups excluding tert-OH is 1. The Kier molecular flexibility index (Phi) is 2.61. The smallest absolute Gasteiger partial charge is 0.0734 e. The molecule has 0 aliphatic heterocycles. The van der Waals surface area contributed by atoms with Crippen LogP contribution >= 0.6 is 11.6 Å². The molecule has 0 aromatic heterocycles. The molecule has 2 aliphatic carbocycles. The third-order valence-electron chi connectivity index (χ3n) is 3.59. The lowest BCUT2D eigenvalue weighted by atomic mass is 9.69. The zero-order chi connectivity index (χ0) is 8.55. The summed E-state index contributed by atoms with van der Waals surface area (Å²) >= 11 is 6.04. The molecule has 2 saturated carbocycles. The minimum Gasteiger partial charge on any atom is -0.391 e. The average molecular weight is 189 g/mol. The van der Waals surface area contributed by atoms with Gasteiger partial charge in [0.05, 0.1) is 11.5 Å². The summed E-state index contributed by atoms with van der Waals surface area (Å²) in [5.74, 6) is 1.30. The van der Waals surface area contributed by atoms with E-state index in [2.05, 4.69) is 0 Å². The van der Waals surface area contributed by atoms with Gasteiger partial charge in [-0.2, -0.15) is 0 Å². The first-order chi connectivity index (χ1) is 5.79. The molecule has 2 heteroatoms. The molecule has 0 spiro atoms. The van der Waals surface area contributed by atoms with Crippen molar-refractivity contribution in [3.8, 4) is 0 Å². The van der Waals surface area contributed by atoms with Crippen molar-refractivity contribution in [3.63, 3.8) is 0 Å². The van der Waals surface area contributed by atoms with Crippen LogP contribution < -0.4 is 0 Å². The highest BCUT2D eigenvalue weighted by Gasteiger charge is 2.38. The van der Waals surface area contributed by atoms with E-state index in [1.54, 1.807) is 0 Å². The van der Waals surface area contributed by atoms with Gasteiger partial charge in [0.25, 0.3) is 0 Å². The van der Waals surface area contributed by atoms with Crippen LogP contribution in [-0.2, 0) is 0 Å². The number of hydrogen-bond acceptors (Lipinski definition) is 1. The predicted octanol–water partition coefficient (Wildman–Crippen LogP) is 2.55. The number of alkyl halides is 1. The lowest BCUT2D eigenvalue weighted by Crippen LogP contribution is -2.41. The maximum atomic E-state index is 9.84. The Hall–Kier alpha value is 0.250. The van der Waals surface area contributed by atoms with Gasteiger partial charge in [0.1, 0.15) is 0 Å². The minimum absolute atomic E-state index is 0.0318. The van der Waals surface area contributed by atoms with Crippen molar-refractivity contribution in [2.24, 2.45) is 11.8 Å². The van der Waals surface area contributed by atoms with Crippen LogP contribution in [0.5, 0.6) is 0 Å². The number of rotatable bonds is 0. The van der Waals surface area contributed by atoms with E-state index in [1.165, 1.54) is 32.1 Å². The van der Waals surface area contributed by atoms with Crippen LogP contribution in [0.1, 0.15) is 38.5 Å². The highest BCUT2D eigenvalue weighted by Crippen LogP contribution is 2.41. The number of fused-ring (bicyclic) bond motifs is 1. The Labute approximate surface area is 79.1 Å². The first-order valence-electron chi connectivity index (χ1n) is 5.11. The van der Waals surface area contributed by atoms with E-state index in [9.17, 15) is 5.11 Å². The van der Waals surface area contributed by atoms with Crippen molar-refractivity contribution in [1.82, 2.24) is 0 Å². The summed E-state index contributed by atoms with van der Waals surface area (Å²) in [6, 6.07) is 0. The third-order valence-corrected chi connectivity index (χ3v) is 4.07. The number of hydrogen-bond donors (Lipinski definition) is 1. The van der Waals surface area contributed by atoms with E-state index in [1.807, 2.05) is 0 Å². The second-order valence-electron chi connectivity index (χ2n) is 4.29. The molecule has 1 N–H and O–H groups in total. The van der Waals surface area contributed by atoms with Gasteiger partial charge in [0, 0.05) is 0 Å². The van der Waals surface area contributed by atoms with E-state index in [-0.39, 0.29) is 11.5 Å². The fraction of sp³-hybridized carbons (Fsp3) is 1.00. The Morgan fingerprint density at radius 2 is 1.75 bits per heavy atom. The molecular formula is C10H17ClO. The maximum Gasteiger partial charge on any atom is 0.0734 e. The maximum absolute atomic E-state index is 9.84. The molecule has 4 atom stereocenters. The number of halogens is 1. The van der Waals surface area contributed by atoms with Crippen molar-refractivity contribution in [3.05, 3.63) is 0 Å². The molecule has 2 fully saturated rings. The standard InChI is InChI=1S/C10H17ClO/c11-9-6-5-7-3-1-2-4-8(7)10(9)12/h7-10,12H,1-6H2/t7-,8+,9-,10+/m1/s1. The third kappa shape index (κ3) is 1.49. The molecule has 1 nitrogen and oxygen atoms in total. The van der Waals surface area contributed by atoms with Crippen molar-refractivity contribution in [2.75, 3.05) is 0 Å². The molecule has 0 radical (unpaired) electrons. The molecule has 0 heterocycles. The topological polar surface area (TPSA) is 20.2 Å². The largest absolute Gasteiger partial charge is 0.391 e. The molecule has 0 saturated heterocycles. The quantitative estimate of drug-likeness (QED) is 0.580. The summed E-state index contributed by atoms with van der Waals surface area (Å²) in [7, 11) is 0.